The Morgan fingerprint density at radius 2 is 2.14 bits per heavy atom. The van der Waals surface area contributed by atoms with Crippen molar-refractivity contribution in [3.8, 4) is 18.1 Å². The van der Waals surface area contributed by atoms with Crippen molar-refractivity contribution >= 4 is 22.0 Å². The molecule has 0 unspecified atom stereocenters. The van der Waals surface area contributed by atoms with E-state index in [0.717, 1.165) is 4.31 Å². The van der Waals surface area contributed by atoms with Crippen LogP contribution in [0.2, 0.25) is 0 Å². The van der Waals surface area contributed by atoms with Gasteiger partial charge in [-0.1, -0.05) is 12.0 Å². The Labute approximate surface area is 130 Å². The highest BCUT2D eigenvalue weighted by Crippen LogP contribution is 2.27. The van der Waals surface area contributed by atoms with Gasteiger partial charge >= 0.3 is 0 Å². The smallest absolute Gasteiger partial charge is 0.246 e. The fraction of sp³-hybridized carbons (Fsp3) is 0.267. The predicted octanol–water partition coefficient (Wildman–Crippen LogP) is 0.708. The first-order chi connectivity index (χ1) is 10.3. The predicted molar refractivity (Wildman–Crippen MR) is 84.7 cm³/mol. The molecular weight excluding hydrogens is 304 g/mol. The monoisotopic (exact) mass is 322 g/mol. The molecule has 0 bridgehead atoms. The van der Waals surface area contributed by atoms with Crippen molar-refractivity contribution in [2.24, 2.45) is 0 Å². The summed E-state index contributed by atoms with van der Waals surface area (Å²) in [5.41, 5.74) is 0.553. The van der Waals surface area contributed by atoms with Gasteiger partial charge in [0.1, 0.15) is 10.6 Å². The SMILES string of the molecule is C#CCNC(=O)/C=C/c1ccc(OC)c(S(=O)(=O)N(C)C)c1. The number of amides is 1. The zero-order chi connectivity index (χ0) is 16.8. The summed E-state index contributed by atoms with van der Waals surface area (Å²) in [6.07, 6.45) is 7.82. The van der Waals surface area contributed by atoms with Gasteiger partial charge in [0.2, 0.25) is 15.9 Å². The van der Waals surface area contributed by atoms with Crippen LogP contribution in [0, 0.1) is 12.3 Å². The third-order valence-electron chi connectivity index (χ3n) is 2.74. The molecular formula is C15H18N2O4S. The van der Waals surface area contributed by atoms with Gasteiger partial charge in [-0.15, -0.1) is 6.42 Å². The number of rotatable bonds is 6. The Bertz CT molecular complexity index is 716. The van der Waals surface area contributed by atoms with Gasteiger partial charge in [-0.3, -0.25) is 4.79 Å². The van der Waals surface area contributed by atoms with Crippen LogP contribution in [-0.2, 0) is 14.8 Å². The normalized spacial score (nSPS) is 11.4. The highest BCUT2D eigenvalue weighted by atomic mass is 32.2. The van der Waals surface area contributed by atoms with Crippen molar-refractivity contribution in [2.75, 3.05) is 27.7 Å². The van der Waals surface area contributed by atoms with Crippen LogP contribution in [0.15, 0.2) is 29.2 Å². The molecule has 1 N–H and O–H groups in total. The largest absolute Gasteiger partial charge is 0.495 e. The highest BCUT2D eigenvalue weighted by Gasteiger charge is 2.22. The van der Waals surface area contributed by atoms with Crippen LogP contribution in [0.25, 0.3) is 6.08 Å². The maximum Gasteiger partial charge on any atom is 0.246 e. The lowest BCUT2D eigenvalue weighted by Gasteiger charge is -2.14. The quantitative estimate of drug-likeness (QED) is 0.618. The average molecular weight is 322 g/mol. The van der Waals surface area contributed by atoms with E-state index in [2.05, 4.69) is 11.2 Å². The number of sulfonamides is 1. The van der Waals surface area contributed by atoms with E-state index in [0.29, 0.717) is 5.56 Å². The number of terminal acetylenes is 1. The molecule has 118 valence electrons. The number of carbonyl (C=O) groups excluding carboxylic acids is 1. The van der Waals surface area contributed by atoms with Crippen LogP contribution in [0.1, 0.15) is 5.56 Å². The van der Waals surface area contributed by atoms with Gasteiger partial charge in [0, 0.05) is 20.2 Å². The van der Waals surface area contributed by atoms with E-state index in [1.807, 2.05) is 0 Å². The second-order valence-corrected chi connectivity index (χ2v) is 6.57. The molecule has 0 atom stereocenters. The zero-order valence-electron chi connectivity index (χ0n) is 12.7. The number of ether oxygens (including phenoxy) is 1. The van der Waals surface area contributed by atoms with Crippen LogP contribution >= 0.6 is 0 Å². The number of benzene rings is 1. The van der Waals surface area contributed by atoms with Crippen LogP contribution in [0.3, 0.4) is 0 Å². The van der Waals surface area contributed by atoms with E-state index in [1.54, 1.807) is 6.07 Å². The van der Waals surface area contributed by atoms with Crippen molar-refractivity contribution in [3.63, 3.8) is 0 Å². The first kappa shape index (κ1) is 17.8. The molecule has 7 heteroatoms. The van der Waals surface area contributed by atoms with Gasteiger partial charge in [-0.25, -0.2) is 12.7 Å². The molecule has 1 aromatic rings. The molecule has 0 radical (unpaired) electrons. The molecule has 0 spiro atoms. The summed E-state index contributed by atoms with van der Waals surface area (Å²) in [5.74, 6) is 2.17. The summed E-state index contributed by atoms with van der Waals surface area (Å²) in [5, 5.41) is 2.48. The lowest BCUT2D eigenvalue weighted by atomic mass is 10.2. The third kappa shape index (κ3) is 4.35. The molecule has 1 aromatic carbocycles. The molecule has 0 aromatic heterocycles. The summed E-state index contributed by atoms with van der Waals surface area (Å²) in [6.45, 7) is 0.131. The van der Waals surface area contributed by atoms with E-state index < -0.39 is 10.0 Å². The molecule has 0 aliphatic rings. The van der Waals surface area contributed by atoms with Crippen LogP contribution in [-0.4, -0.2) is 46.4 Å². The van der Waals surface area contributed by atoms with Gasteiger partial charge in [0.05, 0.1) is 13.7 Å². The number of nitrogens with zero attached hydrogens (tertiary/aromatic N) is 1. The Balaban J connectivity index is 3.14. The molecule has 22 heavy (non-hydrogen) atoms. The number of methoxy groups -OCH3 is 1. The molecule has 0 saturated carbocycles. The second kappa shape index (κ2) is 7.64. The van der Waals surface area contributed by atoms with E-state index in [-0.39, 0.29) is 23.1 Å². The number of nitrogens with one attached hydrogen (secondary N) is 1. The first-order valence-electron chi connectivity index (χ1n) is 6.33. The van der Waals surface area contributed by atoms with Gasteiger partial charge < -0.3 is 10.1 Å². The Morgan fingerprint density at radius 3 is 2.68 bits per heavy atom. The topological polar surface area (TPSA) is 75.7 Å². The molecule has 0 aliphatic carbocycles. The summed E-state index contributed by atoms with van der Waals surface area (Å²) in [4.78, 5) is 11.5. The lowest BCUT2D eigenvalue weighted by Crippen LogP contribution is -2.23. The van der Waals surface area contributed by atoms with Crippen LogP contribution in [0.4, 0.5) is 0 Å². The van der Waals surface area contributed by atoms with Gasteiger partial charge in [-0.05, 0) is 23.8 Å². The van der Waals surface area contributed by atoms with Crippen molar-refractivity contribution in [3.05, 3.63) is 29.8 Å². The summed E-state index contributed by atoms with van der Waals surface area (Å²) < 4.78 is 30.7. The number of carbonyl (C=O) groups is 1. The third-order valence-corrected chi connectivity index (χ3v) is 4.57. The van der Waals surface area contributed by atoms with Crippen LogP contribution < -0.4 is 10.1 Å². The van der Waals surface area contributed by atoms with Crippen molar-refractivity contribution in [1.82, 2.24) is 9.62 Å². The fourth-order valence-electron chi connectivity index (χ4n) is 1.56. The maximum absolute atomic E-state index is 12.3. The minimum atomic E-state index is -3.65. The Kier molecular flexibility index (Phi) is 6.16. The first-order valence-corrected chi connectivity index (χ1v) is 7.77. The van der Waals surface area contributed by atoms with Crippen LogP contribution in [0.5, 0.6) is 5.75 Å². The van der Waals surface area contributed by atoms with Crippen molar-refractivity contribution < 1.29 is 17.9 Å². The number of hydrogen-bond acceptors (Lipinski definition) is 4. The van der Waals surface area contributed by atoms with E-state index in [1.165, 1.54) is 45.5 Å². The molecule has 0 heterocycles. The molecule has 6 nitrogen and oxygen atoms in total. The molecule has 0 fully saturated rings. The lowest BCUT2D eigenvalue weighted by molar-refractivity contribution is -0.116. The summed E-state index contributed by atoms with van der Waals surface area (Å²) in [6, 6.07) is 4.63. The maximum atomic E-state index is 12.3. The Hall–Kier alpha value is -2.30. The zero-order valence-corrected chi connectivity index (χ0v) is 13.5. The summed E-state index contributed by atoms with van der Waals surface area (Å²) >= 11 is 0. The fourth-order valence-corrected chi connectivity index (χ4v) is 2.65. The highest BCUT2D eigenvalue weighted by molar-refractivity contribution is 7.89. The second-order valence-electron chi connectivity index (χ2n) is 4.45. The van der Waals surface area contributed by atoms with Gasteiger partial charge in [0.25, 0.3) is 0 Å². The minimum Gasteiger partial charge on any atom is -0.495 e. The Morgan fingerprint density at radius 1 is 1.45 bits per heavy atom. The van der Waals surface area contributed by atoms with Crippen molar-refractivity contribution in [1.29, 1.82) is 0 Å². The summed E-state index contributed by atoms with van der Waals surface area (Å²) in [7, 11) is 0.618. The van der Waals surface area contributed by atoms with E-state index >= 15 is 0 Å². The average Bonchev–Trinajstić information content (AvgIpc) is 2.50. The standard InChI is InChI=1S/C15H18N2O4S/c1-5-10-16-15(18)9-7-12-6-8-13(21-4)14(11-12)22(19,20)17(2)3/h1,6-9,11H,10H2,2-4H3,(H,16,18)/b9-7+. The van der Waals surface area contributed by atoms with E-state index in [9.17, 15) is 13.2 Å². The molecule has 1 rings (SSSR count). The van der Waals surface area contributed by atoms with Gasteiger partial charge in [0.15, 0.2) is 0 Å². The minimum absolute atomic E-state index is 0.0335. The molecule has 1 amide bonds. The number of hydrogen-bond donors (Lipinski definition) is 1. The molecule has 0 aliphatic heterocycles. The van der Waals surface area contributed by atoms with Crippen molar-refractivity contribution in [2.45, 2.75) is 4.90 Å². The van der Waals surface area contributed by atoms with Gasteiger partial charge in [-0.2, -0.15) is 0 Å². The van der Waals surface area contributed by atoms with E-state index in [4.69, 9.17) is 11.2 Å². The molecule has 0 saturated heterocycles.